The number of guanidine groups is 1. The lowest BCUT2D eigenvalue weighted by molar-refractivity contribution is 0.139. The molecular weight excluding hydrogens is 353 g/mol. The van der Waals surface area contributed by atoms with Crippen molar-refractivity contribution in [1.29, 1.82) is 0 Å². The Morgan fingerprint density at radius 2 is 2.00 bits per heavy atom. The molecule has 4 nitrogen and oxygen atoms in total. The van der Waals surface area contributed by atoms with Gasteiger partial charge in [0.15, 0.2) is 5.96 Å². The molecular formula is C14H30IN3O. The van der Waals surface area contributed by atoms with Crippen molar-refractivity contribution in [2.45, 2.75) is 46.0 Å². The van der Waals surface area contributed by atoms with Gasteiger partial charge in [-0.2, -0.15) is 0 Å². The van der Waals surface area contributed by atoms with E-state index in [0.717, 1.165) is 38.6 Å². The third kappa shape index (κ3) is 6.79. The molecule has 1 rings (SSSR count). The fraction of sp³-hybridized carbons (Fsp3) is 0.929. The van der Waals surface area contributed by atoms with Crippen LogP contribution >= 0.6 is 24.0 Å². The summed E-state index contributed by atoms with van der Waals surface area (Å²) in [5.41, 5.74) is 0.495. The van der Waals surface area contributed by atoms with Gasteiger partial charge in [0.25, 0.3) is 0 Å². The first-order valence-electron chi connectivity index (χ1n) is 7.27. The maximum absolute atomic E-state index is 5.04. The number of methoxy groups -OCH3 is 1. The molecule has 0 atom stereocenters. The average Bonchev–Trinajstić information content (AvgIpc) is 2.33. The Hall–Kier alpha value is -0.0400. The van der Waals surface area contributed by atoms with Crippen molar-refractivity contribution < 1.29 is 4.74 Å². The molecule has 0 amide bonds. The summed E-state index contributed by atoms with van der Waals surface area (Å²) in [4.78, 5) is 4.73. The van der Waals surface area contributed by atoms with E-state index >= 15 is 0 Å². The number of nitrogens with zero attached hydrogens (tertiary/aromatic N) is 1. The standard InChI is InChI=1S/C14H29N3O.HI/c1-4-14(8-6-9-14)12-17-13(15-5-2)16-10-7-11-18-3;/h4-12H2,1-3H3,(H2,15,16,17);1H. The SMILES string of the molecule is CCNC(=NCC1(CC)CCC1)NCCCOC.I. The van der Waals surface area contributed by atoms with Crippen LogP contribution in [0.15, 0.2) is 4.99 Å². The molecule has 0 aliphatic heterocycles. The predicted molar refractivity (Wildman–Crippen MR) is 92.5 cm³/mol. The van der Waals surface area contributed by atoms with Crippen LogP contribution in [0.25, 0.3) is 0 Å². The third-order valence-corrected chi connectivity index (χ3v) is 3.90. The van der Waals surface area contributed by atoms with Gasteiger partial charge in [0.1, 0.15) is 0 Å². The summed E-state index contributed by atoms with van der Waals surface area (Å²) in [6.45, 7) is 7.97. The Bertz CT molecular complexity index is 250. The van der Waals surface area contributed by atoms with Crippen LogP contribution in [0.4, 0.5) is 0 Å². The van der Waals surface area contributed by atoms with E-state index in [9.17, 15) is 0 Å². The maximum Gasteiger partial charge on any atom is 0.191 e. The molecule has 19 heavy (non-hydrogen) atoms. The summed E-state index contributed by atoms with van der Waals surface area (Å²) in [7, 11) is 1.74. The van der Waals surface area contributed by atoms with E-state index in [2.05, 4.69) is 24.5 Å². The van der Waals surface area contributed by atoms with Crippen LogP contribution in [0.2, 0.25) is 0 Å². The second-order valence-corrected chi connectivity index (χ2v) is 5.18. The van der Waals surface area contributed by atoms with E-state index < -0.39 is 0 Å². The number of hydrogen-bond acceptors (Lipinski definition) is 2. The first-order chi connectivity index (χ1) is 8.76. The molecule has 0 aromatic rings. The summed E-state index contributed by atoms with van der Waals surface area (Å²) in [6, 6.07) is 0. The van der Waals surface area contributed by atoms with Gasteiger partial charge in [-0.3, -0.25) is 4.99 Å². The Labute approximate surface area is 135 Å². The van der Waals surface area contributed by atoms with E-state index in [-0.39, 0.29) is 24.0 Å². The molecule has 0 aromatic heterocycles. The van der Waals surface area contributed by atoms with Gasteiger partial charge >= 0.3 is 0 Å². The van der Waals surface area contributed by atoms with E-state index in [0.29, 0.717) is 5.41 Å². The van der Waals surface area contributed by atoms with Crippen LogP contribution < -0.4 is 10.6 Å². The summed E-state index contributed by atoms with van der Waals surface area (Å²) < 4.78 is 5.04. The molecule has 2 N–H and O–H groups in total. The van der Waals surface area contributed by atoms with Gasteiger partial charge in [0.2, 0.25) is 0 Å². The molecule has 114 valence electrons. The molecule has 0 saturated heterocycles. The quantitative estimate of drug-likeness (QED) is 0.293. The van der Waals surface area contributed by atoms with Crippen molar-refractivity contribution in [2.75, 3.05) is 33.4 Å². The largest absolute Gasteiger partial charge is 0.385 e. The smallest absolute Gasteiger partial charge is 0.191 e. The molecule has 1 aliphatic carbocycles. The lowest BCUT2D eigenvalue weighted by atomic mass is 9.67. The summed E-state index contributed by atoms with van der Waals surface area (Å²) in [6.07, 6.45) is 6.33. The van der Waals surface area contributed by atoms with Crippen molar-refractivity contribution in [3.8, 4) is 0 Å². The zero-order valence-corrected chi connectivity index (χ0v) is 15.0. The van der Waals surface area contributed by atoms with Gasteiger partial charge in [-0.05, 0) is 38.0 Å². The Kier molecular flexibility index (Phi) is 10.7. The topological polar surface area (TPSA) is 45.7 Å². The molecule has 0 bridgehead atoms. The van der Waals surface area contributed by atoms with E-state index in [1.165, 1.54) is 25.7 Å². The van der Waals surface area contributed by atoms with Crippen molar-refractivity contribution in [3.63, 3.8) is 0 Å². The Morgan fingerprint density at radius 1 is 1.26 bits per heavy atom. The second kappa shape index (κ2) is 10.7. The molecule has 1 aliphatic rings. The first kappa shape index (κ1) is 19.0. The second-order valence-electron chi connectivity index (χ2n) is 5.18. The number of rotatable bonds is 8. The zero-order chi connectivity index (χ0) is 13.3. The number of nitrogens with one attached hydrogen (secondary N) is 2. The van der Waals surface area contributed by atoms with E-state index in [4.69, 9.17) is 9.73 Å². The van der Waals surface area contributed by atoms with Crippen LogP contribution in [0.5, 0.6) is 0 Å². The van der Waals surface area contributed by atoms with Gasteiger partial charge in [-0.15, -0.1) is 24.0 Å². The van der Waals surface area contributed by atoms with Gasteiger partial charge in [0.05, 0.1) is 0 Å². The van der Waals surface area contributed by atoms with Crippen LogP contribution in [0, 0.1) is 5.41 Å². The molecule has 1 saturated carbocycles. The van der Waals surface area contributed by atoms with Crippen LogP contribution in [0.3, 0.4) is 0 Å². The molecule has 0 aromatic carbocycles. The minimum Gasteiger partial charge on any atom is -0.385 e. The highest BCUT2D eigenvalue weighted by atomic mass is 127. The van der Waals surface area contributed by atoms with Gasteiger partial charge in [-0.1, -0.05) is 13.3 Å². The van der Waals surface area contributed by atoms with Crippen molar-refractivity contribution in [3.05, 3.63) is 0 Å². The Morgan fingerprint density at radius 3 is 2.47 bits per heavy atom. The monoisotopic (exact) mass is 383 g/mol. The first-order valence-corrected chi connectivity index (χ1v) is 7.27. The van der Waals surface area contributed by atoms with Crippen LogP contribution in [-0.2, 0) is 4.74 Å². The van der Waals surface area contributed by atoms with Crippen molar-refractivity contribution in [2.24, 2.45) is 10.4 Å². The highest BCUT2D eigenvalue weighted by molar-refractivity contribution is 14.0. The predicted octanol–water partition coefficient (Wildman–Crippen LogP) is 2.78. The van der Waals surface area contributed by atoms with Crippen LogP contribution in [-0.4, -0.2) is 39.3 Å². The summed E-state index contributed by atoms with van der Waals surface area (Å²) in [5, 5.41) is 6.66. The molecule has 0 heterocycles. The van der Waals surface area contributed by atoms with Gasteiger partial charge < -0.3 is 15.4 Å². The fourth-order valence-electron chi connectivity index (χ4n) is 2.31. The number of halogens is 1. The van der Waals surface area contributed by atoms with Crippen molar-refractivity contribution in [1.82, 2.24) is 10.6 Å². The lowest BCUT2D eigenvalue weighted by Gasteiger charge is -2.40. The lowest BCUT2D eigenvalue weighted by Crippen LogP contribution is -2.40. The molecule has 0 unspecified atom stereocenters. The van der Waals surface area contributed by atoms with E-state index in [1.54, 1.807) is 7.11 Å². The van der Waals surface area contributed by atoms with Gasteiger partial charge in [0, 0.05) is 33.4 Å². The summed E-state index contributed by atoms with van der Waals surface area (Å²) >= 11 is 0. The minimum atomic E-state index is 0. The molecule has 0 spiro atoms. The van der Waals surface area contributed by atoms with Crippen LogP contribution in [0.1, 0.15) is 46.0 Å². The Balaban J connectivity index is 0.00000324. The van der Waals surface area contributed by atoms with Gasteiger partial charge in [-0.25, -0.2) is 0 Å². The highest BCUT2D eigenvalue weighted by Gasteiger charge is 2.34. The molecule has 5 heteroatoms. The number of aliphatic imine (C=N–C) groups is 1. The molecule has 1 fully saturated rings. The third-order valence-electron chi connectivity index (χ3n) is 3.90. The fourth-order valence-corrected chi connectivity index (χ4v) is 2.31. The minimum absolute atomic E-state index is 0. The van der Waals surface area contributed by atoms with E-state index in [1.807, 2.05) is 0 Å². The highest BCUT2D eigenvalue weighted by Crippen LogP contribution is 2.43. The normalized spacial score (nSPS) is 17.3. The summed E-state index contributed by atoms with van der Waals surface area (Å²) in [5.74, 6) is 0.952. The number of hydrogen-bond donors (Lipinski definition) is 2. The average molecular weight is 383 g/mol. The van der Waals surface area contributed by atoms with Crippen molar-refractivity contribution >= 4 is 29.9 Å². The number of ether oxygens (including phenoxy) is 1. The maximum atomic E-state index is 5.04. The zero-order valence-electron chi connectivity index (χ0n) is 12.6. The molecule has 0 radical (unpaired) electrons.